The third-order valence-corrected chi connectivity index (χ3v) is 4.10. The normalized spacial score (nSPS) is 13.7. The molecule has 2 aromatic carbocycles. The van der Waals surface area contributed by atoms with Gasteiger partial charge in [0.1, 0.15) is 11.5 Å². The summed E-state index contributed by atoms with van der Waals surface area (Å²) < 4.78 is 6.29. The van der Waals surface area contributed by atoms with Crippen molar-refractivity contribution in [1.29, 1.82) is 0 Å². The Hall–Kier alpha value is -1.52. The molecular formula is C17H20BrNO2. The zero-order valence-corrected chi connectivity index (χ0v) is 14.0. The van der Waals surface area contributed by atoms with Crippen molar-refractivity contribution in [1.82, 2.24) is 5.32 Å². The summed E-state index contributed by atoms with van der Waals surface area (Å²) in [5.41, 5.74) is 2.03. The standard InChI is InChI=1S/C17H20BrNO2/c1-11(13-4-6-14(18)7-5-13)19-12(2)16-10-15(21-3)8-9-17(16)20/h4-12,19-20H,1-3H3/t11-,12?/m0/s1. The van der Waals surface area contributed by atoms with Gasteiger partial charge in [0.15, 0.2) is 0 Å². The van der Waals surface area contributed by atoms with E-state index in [2.05, 4.69) is 40.3 Å². The average molecular weight is 350 g/mol. The summed E-state index contributed by atoms with van der Waals surface area (Å²) in [6, 6.07) is 13.7. The number of halogens is 1. The molecule has 4 heteroatoms. The van der Waals surface area contributed by atoms with E-state index in [1.807, 2.05) is 25.1 Å². The monoisotopic (exact) mass is 349 g/mol. The van der Waals surface area contributed by atoms with E-state index in [4.69, 9.17) is 4.74 Å². The van der Waals surface area contributed by atoms with Crippen LogP contribution in [0.1, 0.15) is 37.1 Å². The fourth-order valence-electron chi connectivity index (χ4n) is 2.32. The Morgan fingerprint density at radius 1 is 1.05 bits per heavy atom. The van der Waals surface area contributed by atoms with E-state index < -0.39 is 0 Å². The molecule has 112 valence electrons. The van der Waals surface area contributed by atoms with Crippen molar-refractivity contribution in [2.24, 2.45) is 0 Å². The molecule has 2 rings (SSSR count). The number of aromatic hydroxyl groups is 1. The molecule has 0 spiro atoms. The lowest BCUT2D eigenvalue weighted by atomic mass is 10.0. The number of phenols is 1. The molecule has 0 aromatic heterocycles. The van der Waals surface area contributed by atoms with Crippen molar-refractivity contribution in [3.05, 3.63) is 58.1 Å². The molecule has 0 heterocycles. The van der Waals surface area contributed by atoms with Crippen LogP contribution in [0.5, 0.6) is 11.5 Å². The van der Waals surface area contributed by atoms with Crippen LogP contribution >= 0.6 is 15.9 Å². The van der Waals surface area contributed by atoms with E-state index in [-0.39, 0.29) is 17.8 Å². The first-order valence-electron chi connectivity index (χ1n) is 6.89. The second-order valence-electron chi connectivity index (χ2n) is 5.09. The molecule has 0 fully saturated rings. The van der Waals surface area contributed by atoms with Crippen LogP contribution in [0.2, 0.25) is 0 Å². The zero-order valence-electron chi connectivity index (χ0n) is 12.4. The van der Waals surface area contributed by atoms with Crippen LogP contribution in [-0.4, -0.2) is 12.2 Å². The van der Waals surface area contributed by atoms with Crippen LogP contribution < -0.4 is 10.1 Å². The van der Waals surface area contributed by atoms with E-state index in [1.54, 1.807) is 19.2 Å². The lowest BCUT2D eigenvalue weighted by Crippen LogP contribution is -2.22. The maximum absolute atomic E-state index is 10.0. The number of hydrogen-bond donors (Lipinski definition) is 2. The molecule has 0 aliphatic rings. The van der Waals surface area contributed by atoms with Gasteiger partial charge >= 0.3 is 0 Å². The van der Waals surface area contributed by atoms with Crippen LogP contribution in [0.25, 0.3) is 0 Å². The second-order valence-corrected chi connectivity index (χ2v) is 6.00. The second kappa shape index (κ2) is 6.96. The molecule has 0 amide bonds. The highest BCUT2D eigenvalue weighted by atomic mass is 79.9. The van der Waals surface area contributed by atoms with Gasteiger partial charge in [0.25, 0.3) is 0 Å². The van der Waals surface area contributed by atoms with Crippen molar-refractivity contribution in [2.75, 3.05) is 7.11 Å². The van der Waals surface area contributed by atoms with Crippen molar-refractivity contribution in [2.45, 2.75) is 25.9 Å². The third kappa shape index (κ3) is 3.99. The van der Waals surface area contributed by atoms with Gasteiger partial charge in [-0.1, -0.05) is 28.1 Å². The molecular weight excluding hydrogens is 330 g/mol. The van der Waals surface area contributed by atoms with Crippen LogP contribution in [0, 0.1) is 0 Å². The lowest BCUT2D eigenvalue weighted by Gasteiger charge is -2.22. The summed E-state index contributed by atoms with van der Waals surface area (Å²) in [6.07, 6.45) is 0. The average Bonchev–Trinajstić information content (AvgIpc) is 2.48. The summed E-state index contributed by atoms with van der Waals surface area (Å²) in [6.45, 7) is 4.14. The molecule has 0 radical (unpaired) electrons. The number of hydrogen-bond acceptors (Lipinski definition) is 3. The first-order valence-corrected chi connectivity index (χ1v) is 7.69. The van der Waals surface area contributed by atoms with Crippen LogP contribution in [0.4, 0.5) is 0 Å². The molecule has 1 unspecified atom stereocenters. The fraction of sp³-hybridized carbons (Fsp3) is 0.294. The van der Waals surface area contributed by atoms with Gasteiger partial charge in [-0.2, -0.15) is 0 Å². The van der Waals surface area contributed by atoms with Gasteiger partial charge in [-0.05, 0) is 49.7 Å². The van der Waals surface area contributed by atoms with Crippen LogP contribution in [-0.2, 0) is 0 Å². The third-order valence-electron chi connectivity index (χ3n) is 3.57. The number of ether oxygens (including phenoxy) is 1. The molecule has 0 aliphatic carbocycles. The Kier molecular flexibility index (Phi) is 5.26. The molecule has 0 aliphatic heterocycles. The minimum atomic E-state index is 0.0127. The quantitative estimate of drug-likeness (QED) is 0.830. The van der Waals surface area contributed by atoms with Gasteiger partial charge in [-0.25, -0.2) is 0 Å². The first-order chi connectivity index (χ1) is 10.0. The Balaban J connectivity index is 2.13. The van der Waals surface area contributed by atoms with Crippen molar-refractivity contribution >= 4 is 15.9 Å². The lowest BCUT2D eigenvalue weighted by molar-refractivity contribution is 0.405. The van der Waals surface area contributed by atoms with E-state index in [0.29, 0.717) is 0 Å². The van der Waals surface area contributed by atoms with Crippen molar-refractivity contribution in [3.8, 4) is 11.5 Å². The van der Waals surface area contributed by atoms with Crippen LogP contribution in [0.15, 0.2) is 46.9 Å². The molecule has 3 nitrogen and oxygen atoms in total. The molecule has 0 saturated carbocycles. The molecule has 21 heavy (non-hydrogen) atoms. The maximum Gasteiger partial charge on any atom is 0.120 e. The molecule has 0 saturated heterocycles. The number of rotatable bonds is 5. The summed E-state index contributed by atoms with van der Waals surface area (Å²) in [7, 11) is 1.62. The number of methoxy groups -OCH3 is 1. The largest absolute Gasteiger partial charge is 0.508 e. The number of phenolic OH excluding ortho intramolecular Hbond substituents is 1. The smallest absolute Gasteiger partial charge is 0.120 e. The minimum absolute atomic E-state index is 0.0127. The summed E-state index contributed by atoms with van der Waals surface area (Å²) >= 11 is 3.44. The van der Waals surface area contributed by atoms with Crippen molar-refractivity contribution < 1.29 is 9.84 Å². The summed E-state index contributed by atoms with van der Waals surface area (Å²) in [5.74, 6) is 1.02. The van der Waals surface area contributed by atoms with Gasteiger partial charge in [0.2, 0.25) is 0 Å². The van der Waals surface area contributed by atoms with Crippen LogP contribution in [0.3, 0.4) is 0 Å². The Morgan fingerprint density at radius 2 is 1.71 bits per heavy atom. The maximum atomic E-state index is 10.0. The van der Waals surface area contributed by atoms with E-state index >= 15 is 0 Å². The van der Waals surface area contributed by atoms with Crippen molar-refractivity contribution in [3.63, 3.8) is 0 Å². The summed E-state index contributed by atoms with van der Waals surface area (Å²) in [4.78, 5) is 0. The molecule has 2 atom stereocenters. The molecule has 0 bridgehead atoms. The predicted molar refractivity (Wildman–Crippen MR) is 88.8 cm³/mol. The van der Waals surface area contributed by atoms with Gasteiger partial charge in [0.05, 0.1) is 7.11 Å². The highest BCUT2D eigenvalue weighted by molar-refractivity contribution is 9.10. The Morgan fingerprint density at radius 3 is 2.33 bits per heavy atom. The topological polar surface area (TPSA) is 41.5 Å². The number of benzene rings is 2. The van der Waals surface area contributed by atoms with Gasteiger partial charge in [-0.3, -0.25) is 0 Å². The Labute approximate surface area is 134 Å². The summed E-state index contributed by atoms with van der Waals surface area (Å²) in [5, 5.41) is 13.5. The molecule has 2 aromatic rings. The van der Waals surface area contributed by atoms with E-state index in [9.17, 15) is 5.11 Å². The van der Waals surface area contributed by atoms with Gasteiger partial charge < -0.3 is 15.2 Å². The predicted octanol–water partition coefficient (Wildman–Crippen LogP) is 4.58. The Bertz CT molecular complexity index is 598. The molecule has 2 N–H and O–H groups in total. The SMILES string of the molecule is COc1ccc(O)c(C(C)N[C@@H](C)c2ccc(Br)cc2)c1. The first kappa shape index (κ1) is 15.9. The van der Waals surface area contributed by atoms with Gasteiger partial charge in [-0.15, -0.1) is 0 Å². The van der Waals surface area contributed by atoms with E-state index in [0.717, 1.165) is 15.8 Å². The highest BCUT2D eigenvalue weighted by Gasteiger charge is 2.15. The number of nitrogens with one attached hydrogen (secondary N) is 1. The van der Waals surface area contributed by atoms with E-state index in [1.165, 1.54) is 5.56 Å². The zero-order chi connectivity index (χ0) is 15.4. The minimum Gasteiger partial charge on any atom is -0.508 e. The van der Waals surface area contributed by atoms with Gasteiger partial charge in [0, 0.05) is 22.1 Å². The highest BCUT2D eigenvalue weighted by Crippen LogP contribution is 2.30. The fourth-order valence-corrected chi connectivity index (χ4v) is 2.58.